The summed E-state index contributed by atoms with van der Waals surface area (Å²) in [5.41, 5.74) is 0. The molecule has 0 aromatic heterocycles. The van der Waals surface area contributed by atoms with Crippen LogP contribution in [0.5, 0.6) is 0 Å². The van der Waals surface area contributed by atoms with Gasteiger partial charge < -0.3 is 10.2 Å². The van der Waals surface area contributed by atoms with E-state index in [1.165, 1.54) is 0 Å². The summed E-state index contributed by atoms with van der Waals surface area (Å²) >= 11 is 0. The number of likely N-dealkylation sites (N-methyl/N-ethyl adjacent to an activating group) is 1. The van der Waals surface area contributed by atoms with Crippen LogP contribution in [-0.4, -0.2) is 43.9 Å². The molecule has 10 heavy (non-hydrogen) atoms. The fourth-order valence-electron chi connectivity index (χ4n) is 1.19. The zero-order chi connectivity index (χ0) is 7.40. The van der Waals surface area contributed by atoms with Gasteiger partial charge >= 0.3 is 0 Å². The fraction of sp³-hybridized carbons (Fsp3) is 0.857. The van der Waals surface area contributed by atoms with Gasteiger partial charge in [-0.1, -0.05) is 0 Å². The number of carbonyl (C=O) groups excluding carboxylic acids is 1. The van der Waals surface area contributed by atoms with Crippen LogP contribution in [-0.2, 0) is 4.79 Å². The second-order valence-corrected chi connectivity index (χ2v) is 2.69. The molecule has 1 aliphatic rings. The zero-order valence-electron chi connectivity index (χ0n) is 6.26. The van der Waals surface area contributed by atoms with E-state index in [1.54, 1.807) is 0 Å². The molecule has 0 spiro atoms. The van der Waals surface area contributed by atoms with Crippen LogP contribution in [0.2, 0.25) is 0 Å². The van der Waals surface area contributed by atoms with Crippen molar-refractivity contribution in [3.8, 4) is 0 Å². The van der Waals surface area contributed by atoms with E-state index in [-0.39, 0.29) is 0 Å². The summed E-state index contributed by atoms with van der Waals surface area (Å²) in [6.45, 7) is 2.99. The Bertz CT molecular complexity index is 116. The van der Waals surface area contributed by atoms with Crippen molar-refractivity contribution < 1.29 is 4.79 Å². The van der Waals surface area contributed by atoms with Crippen LogP contribution in [0.3, 0.4) is 0 Å². The highest BCUT2D eigenvalue weighted by Gasteiger charge is 2.17. The van der Waals surface area contributed by atoms with E-state index in [0.717, 1.165) is 19.6 Å². The molecule has 1 N–H and O–H groups in total. The lowest BCUT2D eigenvalue weighted by Crippen LogP contribution is -2.49. The molecule has 1 fully saturated rings. The molecule has 57 valence electrons. The van der Waals surface area contributed by atoms with Crippen molar-refractivity contribution in [1.82, 2.24) is 10.2 Å². The van der Waals surface area contributed by atoms with Crippen molar-refractivity contribution in [3.63, 3.8) is 0 Å². The first-order chi connectivity index (χ1) is 4.84. The SMILES string of the molecule is CN1CCNCC1C[C]=O. The molecule has 1 heterocycles. The summed E-state index contributed by atoms with van der Waals surface area (Å²) < 4.78 is 0. The van der Waals surface area contributed by atoms with Crippen molar-refractivity contribution in [2.45, 2.75) is 12.5 Å². The summed E-state index contributed by atoms with van der Waals surface area (Å²) in [6.07, 6.45) is 2.47. The standard InChI is InChI=1S/C7H13N2O/c1-9-4-3-8-6-7(9)2-5-10/h7-8H,2-4,6H2,1H3. The molecule has 0 aromatic carbocycles. The lowest BCUT2D eigenvalue weighted by Gasteiger charge is -2.31. The number of nitrogens with zero attached hydrogens (tertiary/aromatic N) is 1. The molecule has 1 rings (SSSR count). The van der Waals surface area contributed by atoms with Crippen LogP contribution in [0.15, 0.2) is 0 Å². The maximum atomic E-state index is 10.0. The first-order valence-electron chi connectivity index (χ1n) is 3.60. The van der Waals surface area contributed by atoms with Gasteiger partial charge in [-0.3, -0.25) is 4.79 Å². The van der Waals surface area contributed by atoms with E-state index >= 15 is 0 Å². The highest BCUT2D eigenvalue weighted by molar-refractivity contribution is 5.51. The minimum absolute atomic E-state index is 0.367. The first-order valence-corrected chi connectivity index (χ1v) is 3.60. The Kier molecular flexibility index (Phi) is 2.83. The Morgan fingerprint density at radius 3 is 3.20 bits per heavy atom. The van der Waals surface area contributed by atoms with E-state index in [0.29, 0.717) is 12.5 Å². The Morgan fingerprint density at radius 2 is 2.60 bits per heavy atom. The van der Waals surface area contributed by atoms with Crippen LogP contribution < -0.4 is 5.32 Å². The van der Waals surface area contributed by atoms with Gasteiger partial charge in [-0.25, -0.2) is 0 Å². The summed E-state index contributed by atoms with van der Waals surface area (Å²) in [4.78, 5) is 12.2. The van der Waals surface area contributed by atoms with Gasteiger partial charge in [0.1, 0.15) is 0 Å². The van der Waals surface area contributed by atoms with Gasteiger partial charge in [0.25, 0.3) is 0 Å². The van der Waals surface area contributed by atoms with Crippen LogP contribution in [0, 0.1) is 0 Å². The Morgan fingerprint density at radius 1 is 1.80 bits per heavy atom. The molecular weight excluding hydrogens is 128 g/mol. The maximum absolute atomic E-state index is 10.0. The van der Waals surface area contributed by atoms with Gasteiger partial charge in [0.2, 0.25) is 0 Å². The summed E-state index contributed by atoms with van der Waals surface area (Å²) in [5.74, 6) is 0. The summed E-state index contributed by atoms with van der Waals surface area (Å²) in [6, 6.07) is 0.367. The third-order valence-electron chi connectivity index (χ3n) is 1.96. The Hall–Kier alpha value is -0.410. The lowest BCUT2D eigenvalue weighted by molar-refractivity contribution is 0.204. The van der Waals surface area contributed by atoms with Gasteiger partial charge in [0, 0.05) is 32.1 Å². The quantitative estimate of drug-likeness (QED) is 0.557. The fourth-order valence-corrected chi connectivity index (χ4v) is 1.19. The molecular formula is C7H13N2O. The molecule has 3 nitrogen and oxygen atoms in total. The largest absolute Gasteiger partial charge is 0.314 e. The van der Waals surface area contributed by atoms with Gasteiger partial charge in [0.15, 0.2) is 6.29 Å². The molecule has 1 aliphatic heterocycles. The minimum atomic E-state index is 0.367. The second kappa shape index (κ2) is 3.68. The molecule has 0 saturated carbocycles. The molecule has 1 unspecified atom stereocenters. The lowest BCUT2D eigenvalue weighted by atomic mass is 10.1. The number of nitrogens with one attached hydrogen (secondary N) is 1. The summed E-state index contributed by atoms with van der Waals surface area (Å²) in [7, 11) is 2.04. The van der Waals surface area contributed by atoms with Crippen molar-refractivity contribution in [3.05, 3.63) is 0 Å². The number of hydrogen-bond acceptors (Lipinski definition) is 3. The van der Waals surface area contributed by atoms with Crippen molar-refractivity contribution >= 4 is 6.29 Å². The average molecular weight is 141 g/mol. The molecule has 3 heteroatoms. The summed E-state index contributed by atoms with van der Waals surface area (Å²) in [5, 5.41) is 3.23. The minimum Gasteiger partial charge on any atom is -0.314 e. The van der Waals surface area contributed by atoms with Gasteiger partial charge in [-0.05, 0) is 7.05 Å². The highest BCUT2D eigenvalue weighted by atomic mass is 16.1. The van der Waals surface area contributed by atoms with E-state index in [4.69, 9.17) is 0 Å². The second-order valence-electron chi connectivity index (χ2n) is 2.69. The number of rotatable bonds is 2. The third-order valence-corrected chi connectivity index (χ3v) is 1.96. The molecule has 1 atom stereocenters. The van der Waals surface area contributed by atoms with Crippen LogP contribution >= 0.6 is 0 Å². The molecule has 0 aromatic rings. The molecule has 0 aliphatic carbocycles. The Balaban J connectivity index is 2.32. The number of piperazine rings is 1. The van der Waals surface area contributed by atoms with Crippen molar-refractivity contribution in [1.29, 1.82) is 0 Å². The third kappa shape index (κ3) is 1.78. The van der Waals surface area contributed by atoms with Crippen molar-refractivity contribution in [2.24, 2.45) is 0 Å². The van der Waals surface area contributed by atoms with E-state index < -0.39 is 0 Å². The predicted molar refractivity (Wildman–Crippen MR) is 39.6 cm³/mol. The van der Waals surface area contributed by atoms with Crippen LogP contribution in [0.4, 0.5) is 0 Å². The van der Waals surface area contributed by atoms with E-state index in [2.05, 4.69) is 10.2 Å². The molecule has 0 bridgehead atoms. The van der Waals surface area contributed by atoms with E-state index in [1.807, 2.05) is 13.3 Å². The van der Waals surface area contributed by atoms with Gasteiger partial charge in [0.05, 0.1) is 0 Å². The molecule has 0 amide bonds. The van der Waals surface area contributed by atoms with Gasteiger partial charge in [-0.15, -0.1) is 0 Å². The van der Waals surface area contributed by atoms with Crippen molar-refractivity contribution in [2.75, 3.05) is 26.7 Å². The molecule has 1 saturated heterocycles. The first kappa shape index (κ1) is 7.69. The topological polar surface area (TPSA) is 32.3 Å². The normalized spacial score (nSPS) is 28.3. The average Bonchev–Trinajstić information content (AvgIpc) is 1.94. The smallest absolute Gasteiger partial charge is 0.200 e. The zero-order valence-corrected chi connectivity index (χ0v) is 6.26. The highest BCUT2D eigenvalue weighted by Crippen LogP contribution is 2.01. The number of hydrogen-bond donors (Lipinski definition) is 1. The van der Waals surface area contributed by atoms with Gasteiger partial charge in [-0.2, -0.15) is 0 Å². The molecule has 1 radical (unpaired) electrons. The Labute approximate surface area is 61.4 Å². The monoisotopic (exact) mass is 141 g/mol. The maximum Gasteiger partial charge on any atom is 0.200 e. The predicted octanol–water partition coefficient (Wildman–Crippen LogP) is -0.610. The van der Waals surface area contributed by atoms with Crippen LogP contribution in [0.1, 0.15) is 6.42 Å². The van der Waals surface area contributed by atoms with Crippen LogP contribution in [0.25, 0.3) is 0 Å². The van der Waals surface area contributed by atoms with E-state index in [9.17, 15) is 4.79 Å².